The summed E-state index contributed by atoms with van der Waals surface area (Å²) in [6.07, 6.45) is 0. The molecule has 1 aliphatic rings. The molecule has 0 amide bonds. The highest BCUT2D eigenvalue weighted by Gasteiger charge is 2.32. The Kier molecular flexibility index (Phi) is 6.07. The molecular formula is C21H29N3O3S. The van der Waals surface area contributed by atoms with Gasteiger partial charge in [-0.15, -0.1) is 0 Å². The Morgan fingerprint density at radius 1 is 1.07 bits per heavy atom. The second-order valence-corrected chi connectivity index (χ2v) is 9.97. The second-order valence-electron chi connectivity index (χ2n) is 8.25. The van der Waals surface area contributed by atoms with Crippen molar-refractivity contribution < 1.29 is 13.2 Å². The average molecular weight is 404 g/mol. The van der Waals surface area contributed by atoms with E-state index in [-0.39, 0.29) is 10.3 Å². The lowest BCUT2D eigenvalue weighted by atomic mass is 9.85. The summed E-state index contributed by atoms with van der Waals surface area (Å²) < 4.78 is 34.3. The summed E-state index contributed by atoms with van der Waals surface area (Å²) in [5, 5.41) is 0. The van der Waals surface area contributed by atoms with Crippen LogP contribution in [0.4, 0.5) is 5.82 Å². The molecule has 28 heavy (non-hydrogen) atoms. The van der Waals surface area contributed by atoms with E-state index in [1.165, 1.54) is 0 Å². The summed E-state index contributed by atoms with van der Waals surface area (Å²) in [6, 6.07) is 12.2. The van der Waals surface area contributed by atoms with Crippen LogP contribution in [-0.2, 0) is 14.8 Å². The molecule has 0 aliphatic carbocycles. The second kappa shape index (κ2) is 8.19. The van der Waals surface area contributed by atoms with E-state index >= 15 is 0 Å². The molecule has 1 aromatic carbocycles. The predicted molar refractivity (Wildman–Crippen MR) is 111 cm³/mol. The van der Waals surface area contributed by atoms with Gasteiger partial charge in [0.15, 0.2) is 0 Å². The Morgan fingerprint density at radius 3 is 2.32 bits per heavy atom. The molecule has 0 bridgehead atoms. The summed E-state index contributed by atoms with van der Waals surface area (Å²) in [6.45, 7) is 10.9. The maximum Gasteiger partial charge on any atom is 0.241 e. The number of rotatable bonds is 5. The fraction of sp³-hybridized carbons (Fsp3) is 0.476. The first-order valence-electron chi connectivity index (χ1n) is 9.55. The Labute approximate surface area is 168 Å². The zero-order valence-corrected chi connectivity index (χ0v) is 17.8. The number of aromatic nitrogens is 1. The van der Waals surface area contributed by atoms with Crippen LogP contribution in [0.15, 0.2) is 47.4 Å². The zero-order valence-electron chi connectivity index (χ0n) is 17.0. The van der Waals surface area contributed by atoms with Crippen LogP contribution in [0.3, 0.4) is 0 Å². The number of hydrogen-bond acceptors (Lipinski definition) is 5. The van der Waals surface area contributed by atoms with Crippen LogP contribution < -0.4 is 9.62 Å². The lowest BCUT2D eigenvalue weighted by Crippen LogP contribution is -2.39. The molecule has 0 radical (unpaired) electrons. The molecule has 7 heteroatoms. The number of aryl methyl sites for hydroxylation is 1. The van der Waals surface area contributed by atoms with Gasteiger partial charge in [0.1, 0.15) is 5.82 Å². The van der Waals surface area contributed by atoms with Gasteiger partial charge >= 0.3 is 0 Å². The Bertz CT molecular complexity index is 899. The van der Waals surface area contributed by atoms with Crippen LogP contribution in [0.5, 0.6) is 0 Å². The number of nitrogens with zero attached hydrogens (tertiary/aromatic N) is 2. The van der Waals surface area contributed by atoms with E-state index in [9.17, 15) is 8.42 Å². The van der Waals surface area contributed by atoms with Gasteiger partial charge in [-0.1, -0.05) is 44.5 Å². The van der Waals surface area contributed by atoms with Crippen molar-refractivity contribution in [3.8, 4) is 0 Å². The van der Waals surface area contributed by atoms with E-state index in [1.54, 1.807) is 24.3 Å². The Balaban J connectivity index is 1.91. The standard InChI is InChI=1S/C21H29N3O3S/c1-16-8-10-17(11-9-16)28(25,26)23-20(21(2,3)4)18-6-5-7-19(22-18)24-12-14-27-15-13-24/h5-11,20,23H,12-15H2,1-4H3/t20-/m0/s1. The summed E-state index contributed by atoms with van der Waals surface area (Å²) in [5.74, 6) is 0.851. The van der Waals surface area contributed by atoms with Gasteiger partial charge < -0.3 is 9.64 Å². The molecule has 2 aromatic rings. The normalized spacial score (nSPS) is 16.8. The fourth-order valence-corrected chi connectivity index (χ4v) is 4.61. The topological polar surface area (TPSA) is 71.5 Å². The molecule has 152 valence electrons. The van der Waals surface area contributed by atoms with Gasteiger partial charge in [0.05, 0.1) is 29.8 Å². The minimum absolute atomic E-state index is 0.261. The Morgan fingerprint density at radius 2 is 1.71 bits per heavy atom. The molecule has 3 rings (SSSR count). The molecule has 1 atom stereocenters. The summed E-state index contributed by atoms with van der Waals surface area (Å²) in [5.41, 5.74) is 1.38. The van der Waals surface area contributed by atoms with Gasteiger partial charge in [-0.2, -0.15) is 0 Å². The van der Waals surface area contributed by atoms with E-state index in [1.807, 2.05) is 45.9 Å². The van der Waals surface area contributed by atoms with E-state index in [0.717, 1.165) is 24.5 Å². The van der Waals surface area contributed by atoms with E-state index < -0.39 is 16.1 Å². The first-order valence-corrected chi connectivity index (χ1v) is 11.0. The largest absolute Gasteiger partial charge is 0.378 e. The number of ether oxygens (including phenoxy) is 1. The summed E-state index contributed by atoms with van der Waals surface area (Å²) >= 11 is 0. The summed E-state index contributed by atoms with van der Waals surface area (Å²) in [7, 11) is -3.67. The first kappa shape index (κ1) is 20.8. The van der Waals surface area contributed by atoms with Crippen molar-refractivity contribution >= 4 is 15.8 Å². The van der Waals surface area contributed by atoms with Crippen LogP contribution in [0.2, 0.25) is 0 Å². The molecule has 6 nitrogen and oxygen atoms in total. The maximum absolute atomic E-state index is 13.0. The van der Waals surface area contributed by atoms with E-state index in [0.29, 0.717) is 18.9 Å². The van der Waals surface area contributed by atoms with E-state index in [4.69, 9.17) is 9.72 Å². The first-order chi connectivity index (χ1) is 13.2. The van der Waals surface area contributed by atoms with Gasteiger partial charge in [-0.05, 0) is 36.6 Å². The maximum atomic E-state index is 13.0. The minimum Gasteiger partial charge on any atom is -0.378 e. The SMILES string of the molecule is Cc1ccc(S(=O)(=O)N[C@@H](c2cccc(N3CCOCC3)n2)C(C)(C)C)cc1. The number of pyridine rings is 1. The van der Waals surface area contributed by atoms with Crippen LogP contribution >= 0.6 is 0 Å². The molecule has 1 fully saturated rings. The molecule has 1 aromatic heterocycles. The van der Waals surface area contributed by atoms with Crippen molar-refractivity contribution in [3.05, 3.63) is 53.7 Å². The van der Waals surface area contributed by atoms with Crippen LogP contribution in [0.25, 0.3) is 0 Å². The van der Waals surface area contributed by atoms with Crippen LogP contribution in [-0.4, -0.2) is 39.7 Å². The van der Waals surface area contributed by atoms with Crippen molar-refractivity contribution in [3.63, 3.8) is 0 Å². The monoisotopic (exact) mass is 403 g/mol. The molecule has 0 spiro atoms. The molecular weight excluding hydrogens is 374 g/mol. The van der Waals surface area contributed by atoms with Crippen molar-refractivity contribution in [2.75, 3.05) is 31.2 Å². The third kappa shape index (κ3) is 4.90. The van der Waals surface area contributed by atoms with Crippen LogP contribution in [0, 0.1) is 12.3 Å². The predicted octanol–water partition coefficient (Wildman–Crippen LogP) is 3.29. The van der Waals surface area contributed by atoms with Gasteiger partial charge in [0, 0.05) is 13.1 Å². The molecule has 1 aliphatic heterocycles. The number of nitrogens with one attached hydrogen (secondary N) is 1. The zero-order chi connectivity index (χ0) is 20.4. The molecule has 1 N–H and O–H groups in total. The smallest absolute Gasteiger partial charge is 0.241 e. The van der Waals surface area contributed by atoms with Crippen molar-refractivity contribution in [2.45, 2.75) is 38.6 Å². The highest BCUT2D eigenvalue weighted by atomic mass is 32.2. The highest BCUT2D eigenvalue weighted by molar-refractivity contribution is 7.89. The lowest BCUT2D eigenvalue weighted by molar-refractivity contribution is 0.122. The minimum atomic E-state index is -3.67. The van der Waals surface area contributed by atoms with Crippen molar-refractivity contribution in [1.29, 1.82) is 0 Å². The molecule has 0 unspecified atom stereocenters. The lowest BCUT2D eigenvalue weighted by Gasteiger charge is -2.32. The number of anilines is 1. The number of benzene rings is 1. The van der Waals surface area contributed by atoms with Gasteiger partial charge in [-0.3, -0.25) is 0 Å². The molecule has 1 saturated heterocycles. The van der Waals surface area contributed by atoms with Crippen molar-refractivity contribution in [2.24, 2.45) is 5.41 Å². The molecule has 2 heterocycles. The van der Waals surface area contributed by atoms with Gasteiger partial charge in [0.25, 0.3) is 0 Å². The van der Waals surface area contributed by atoms with Crippen LogP contribution in [0.1, 0.15) is 38.1 Å². The van der Waals surface area contributed by atoms with Crippen molar-refractivity contribution in [1.82, 2.24) is 9.71 Å². The summed E-state index contributed by atoms with van der Waals surface area (Å²) in [4.78, 5) is 7.23. The third-order valence-electron chi connectivity index (χ3n) is 4.86. The average Bonchev–Trinajstić information content (AvgIpc) is 2.66. The Hall–Kier alpha value is -1.96. The quantitative estimate of drug-likeness (QED) is 0.829. The number of hydrogen-bond donors (Lipinski definition) is 1. The van der Waals surface area contributed by atoms with Gasteiger partial charge in [0.2, 0.25) is 10.0 Å². The van der Waals surface area contributed by atoms with Gasteiger partial charge in [-0.25, -0.2) is 18.1 Å². The van der Waals surface area contributed by atoms with E-state index in [2.05, 4.69) is 9.62 Å². The fourth-order valence-electron chi connectivity index (χ4n) is 3.19. The third-order valence-corrected chi connectivity index (χ3v) is 6.30. The molecule has 0 saturated carbocycles. The number of sulfonamides is 1. The highest BCUT2D eigenvalue weighted by Crippen LogP contribution is 2.34. The number of morpholine rings is 1.